The number of esters is 1. The average Bonchev–Trinajstić information content (AvgIpc) is 2.45. The van der Waals surface area contributed by atoms with Crippen molar-refractivity contribution >= 4 is 17.6 Å². The van der Waals surface area contributed by atoms with E-state index in [0.717, 1.165) is 6.42 Å². The summed E-state index contributed by atoms with van der Waals surface area (Å²) in [6.45, 7) is 3.82. The number of carbonyl (C=O) groups is 2. The van der Waals surface area contributed by atoms with E-state index < -0.39 is 5.97 Å². The van der Waals surface area contributed by atoms with E-state index in [2.05, 4.69) is 23.9 Å². The second-order valence-corrected chi connectivity index (χ2v) is 4.57. The molecule has 1 aromatic rings. The van der Waals surface area contributed by atoms with Crippen LogP contribution in [0, 0.1) is 0 Å². The lowest BCUT2D eigenvalue weighted by Crippen LogP contribution is -2.22. The molecule has 1 N–H and O–H groups in total. The standard InChI is InChI=1S/C15H21NO4/c1-4-11(2)12-5-7-13(8-6-12)16-14(17)9-20-15(18)10-19-3/h5-8,11H,4,9-10H2,1-3H3,(H,16,17)/t11-/m1/s1. The molecular formula is C15H21NO4. The van der Waals surface area contributed by atoms with Gasteiger partial charge in [0.1, 0.15) is 6.61 Å². The first-order valence-corrected chi connectivity index (χ1v) is 6.61. The number of hydrogen-bond acceptors (Lipinski definition) is 4. The summed E-state index contributed by atoms with van der Waals surface area (Å²) in [6.07, 6.45) is 1.07. The van der Waals surface area contributed by atoms with E-state index in [1.807, 2.05) is 24.3 Å². The predicted molar refractivity (Wildman–Crippen MR) is 76.6 cm³/mol. The Morgan fingerprint density at radius 1 is 1.20 bits per heavy atom. The van der Waals surface area contributed by atoms with Crippen molar-refractivity contribution in [1.82, 2.24) is 0 Å². The molecule has 0 fully saturated rings. The molecule has 0 unspecified atom stereocenters. The van der Waals surface area contributed by atoms with Crippen molar-refractivity contribution < 1.29 is 19.1 Å². The minimum Gasteiger partial charge on any atom is -0.454 e. The Balaban J connectivity index is 2.44. The van der Waals surface area contributed by atoms with Crippen LogP contribution >= 0.6 is 0 Å². The third kappa shape index (κ3) is 5.40. The van der Waals surface area contributed by atoms with Gasteiger partial charge in [-0.25, -0.2) is 4.79 Å². The van der Waals surface area contributed by atoms with Crippen LogP contribution in [0.15, 0.2) is 24.3 Å². The molecule has 0 heterocycles. The summed E-state index contributed by atoms with van der Waals surface area (Å²) in [5.74, 6) is -0.435. The van der Waals surface area contributed by atoms with E-state index in [9.17, 15) is 9.59 Å². The maximum absolute atomic E-state index is 11.6. The molecule has 0 radical (unpaired) electrons. The Bertz CT molecular complexity index is 442. The first-order valence-electron chi connectivity index (χ1n) is 6.61. The van der Waals surface area contributed by atoms with Gasteiger partial charge in [0.15, 0.2) is 6.61 Å². The van der Waals surface area contributed by atoms with Crippen molar-refractivity contribution in [3.8, 4) is 0 Å². The van der Waals surface area contributed by atoms with Crippen LogP contribution in [0.4, 0.5) is 5.69 Å². The van der Waals surface area contributed by atoms with Crippen LogP contribution in [0.3, 0.4) is 0 Å². The van der Waals surface area contributed by atoms with Gasteiger partial charge in [0.05, 0.1) is 0 Å². The van der Waals surface area contributed by atoms with Crippen LogP contribution in [0.5, 0.6) is 0 Å². The predicted octanol–water partition coefficient (Wildman–Crippen LogP) is 2.33. The first-order chi connectivity index (χ1) is 9.56. The third-order valence-electron chi connectivity index (χ3n) is 3.00. The van der Waals surface area contributed by atoms with Gasteiger partial charge in [0.25, 0.3) is 5.91 Å². The van der Waals surface area contributed by atoms with Gasteiger partial charge in [-0.2, -0.15) is 0 Å². The largest absolute Gasteiger partial charge is 0.454 e. The smallest absolute Gasteiger partial charge is 0.332 e. The maximum atomic E-state index is 11.6. The third-order valence-corrected chi connectivity index (χ3v) is 3.00. The number of anilines is 1. The van der Waals surface area contributed by atoms with Gasteiger partial charge in [-0.15, -0.1) is 0 Å². The number of benzene rings is 1. The van der Waals surface area contributed by atoms with Crippen LogP contribution in [-0.4, -0.2) is 32.2 Å². The van der Waals surface area contributed by atoms with Gasteiger partial charge >= 0.3 is 5.97 Å². The number of hydrogen-bond donors (Lipinski definition) is 1. The molecule has 110 valence electrons. The van der Waals surface area contributed by atoms with Gasteiger partial charge in [-0.3, -0.25) is 4.79 Å². The molecule has 1 atom stereocenters. The lowest BCUT2D eigenvalue weighted by Gasteiger charge is -2.10. The molecule has 0 saturated carbocycles. The number of methoxy groups -OCH3 is 1. The van der Waals surface area contributed by atoms with E-state index in [-0.39, 0.29) is 19.1 Å². The van der Waals surface area contributed by atoms with Crippen molar-refractivity contribution in [2.45, 2.75) is 26.2 Å². The molecule has 1 amide bonds. The number of rotatable bonds is 7. The second kappa shape index (κ2) is 8.32. The Labute approximate surface area is 119 Å². The van der Waals surface area contributed by atoms with Gasteiger partial charge < -0.3 is 14.8 Å². The molecule has 0 aliphatic heterocycles. The lowest BCUT2D eigenvalue weighted by atomic mass is 9.99. The Hall–Kier alpha value is -1.88. The van der Waals surface area contributed by atoms with Gasteiger partial charge in [0, 0.05) is 12.8 Å². The Kier molecular flexibility index (Phi) is 6.73. The summed E-state index contributed by atoms with van der Waals surface area (Å²) in [6, 6.07) is 7.66. The minimum absolute atomic E-state index is 0.156. The SMILES string of the molecule is CC[C@@H](C)c1ccc(NC(=O)COC(=O)COC)cc1. The molecule has 1 rings (SSSR count). The van der Waals surface area contributed by atoms with Crippen LogP contribution in [-0.2, 0) is 19.1 Å². The topological polar surface area (TPSA) is 64.6 Å². The molecule has 1 aromatic carbocycles. The molecule has 20 heavy (non-hydrogen) atoms. The molecule has 0 spiro atoms. The molecule has 0 aliphatic carbocycles. The minimum atomic E-state index is -0.560. The molecule has 5 heteroatoms. The summed E-state index contributed by atoms with van der Waals surface area (Å²) >= 11 is 0. The van der Waals surface area contributed by atoms with Crippen LogP contribution < -0.4 is 5.32 Å². The number of nitrogens with one attached hydrogen (secondary N) is 1. The van der Waals surface area contributed by atoms with E-state index in [0.29, 0.717) is 11.6 Å². The molecule has 5 nitrogen and oxygen atoms in total. The highest BCUT2D eigenvalue weighted by molar-refractivity contribution is 5.92. The van der Waals surface area contributed by atoms with E-state index in [1.54, 1.807) is 0 Å². The number of carbonyl (C=O) groups excluding carboxylic acids is 2. The molecule has 0 bridgehead atoms. The van der Waals surface area contributed by atoms with Crippen molar-refractivity contribution in [2.24, 2.45) is 0 Å². The first kappa shape index (κ1) is 16.2. The van der Waals surface area contributed by atoms with E-state index >= 15 is 0 Å². The quantitative estimate of drug-likeness (QED) is 0.778. The second-order valence-electron chi connectivity index (χ2n) is 4.57. The zero-order valence-electron chi connectivity index (χ0n) is 12.1. The lowest BCUT2D eigenvalue weighted by molar-refractivity contribution is -0.150. The van der Waals surface area contributed by atoms with Gasteiger partial charge in [-0.1, -0.05) is 26.0 Å². The van der Waals surface area contributed by atoms with Crippen LogP contribution in [0.2, 0.25) is 0 Å². The monoisotopic (exact) mass is 279 g/mol. The fraction of sp³-hybridized carbons (Fsp3) is 0.467. The highest BCUT2D eigenvalue weighted by Gasteiger charge is 2.08. The van der Waals surface area contributed by atoms with Gasteiger partial charge in [-0.05, 0) is 30.0 Å². The molecule has 0 saturated heterocycles. The zero-order chi connectivity index (χ0) is 15.0. The van der Waals surface area contributed by atoms with Crippen molar-refractivity contribution in [2.75, 3.05) is 25.6 Å². The van der Waals surface area contributed by atoms with Crippen molar-refractivity contribution in [3.05, 3.63) is 29.8 Å². The summed E-state index contributed by atoms with van der Waals surface area (Å²) in [5, 5.41) is 2.67. The highest BCUT2D eigenvalue weighted by Crippen LogP contribution is 2.20. The van der Waals surface area contributed by atoms with Crippen molar-refractivity contribution in [3.63, 3.8) is 0 Å². The Morgan fingerprint density at radius 3 is 2.40 bits per heavy atom. The zero-order valence-corrected chi connectivity index (χ0v) is 12.1. The number of amides is 1. The molecular weight excluding hydrogens is 258 g/mol. The fourth-order valence-corrected chi connectivity index (χ4v) is 1.63. The molecule has 0 aromatic heterocycles. The average molecular weight is 279 g/mol. The van der Waals surface area contributed by atoms with E-state index in [4.69, 9.17) is 4.74 Å². The highest BCUT2D eigenvalue weighted by atomic mass is 16.6. The van der Waals surface area contributed by atoms with Crippen LogP contribution in [0.25, 0.3) is 0 Å². The van der Waals surface area contributed by atoms with Gasteiger partial charge in [0.2, 0.25) is 0 Å². The fourth-order valence-electron chi connectivity index (χ4n) is 1.63. The summed E-state index contributed by atoms with van der Waals surface area (Å²) in [4.78, 5) is 22.6. The normalized spacial score (nSPS) is 11.8. The number of ether oxygens (including phenoxy) is 2. The maximum Gasteiger partial charge on any atom is 0.332 e. The van der Waals surface area contributed by atoms with E-state index in [1.165, 1.54) is 12.7 Å². The molecule has 0 aliphatic rings. The Morgan fingerprint density at radius 2 is 1.85 bits per heavy atom. The summed E-state index contributed by atoms with van der Waals surface area (Å²) in [5.41, 5.74) is 1.92. The van der Waals surface area contributed by atoms with Crippen LogP contribution in [0.1, 0.15) is 31.7 Å². The van der Waals surface area contributed by atoms with Crippen molar-refractivity contribution in [1.29, 1.82) is 0 Å². The summed E-state index contributed by atoms with van der Waals surface area (Å²) < 4.78 is 9.31. The summed E-state index contributed by atoms with van der Waals surface area (Å²) in [7, 11) is 1.39.